The van der Waals surface area contributed by atoms with E-state index in [9.17, 15) is 19.8 Å². The lowest BCUT2D eigenvalue weighted by Crippen LogP contribution is -2.62. The van der Waals surface area contributed by atoms with Gasteiger partial charge in [0.2, 0.25) is 5.91 Å². The fourth-order valence-electron chi connectivity index (χ4n) is 12.9. The number of aromatic nitrogens is 1. The number of carbonyl (C=O) groups excluding carboxylic acids is 2. The molecular weight excluding hydrogens is 665 g/mol. The van der Waals surface area contributed by atoms with Crippen LogP contribution in [-0.2, 0) is 21.4 Å². The average Bonchev–Trinajstić information content (AvgIpc) is 3.74. The number of benzene rings is 1. The highest BCUT2D eigenvalue weighted by Crippen LogP contribution is 2.71. The molecule has 0 spiro atoms. The third kappa shape index (κ3) is 4.68. The van der Waals surface area contributed by atoms with Crippen LogP contribution in [0.25, 0.3) is 16.5 Å². The summed E-state index contributed by atoms with van der Waals surface area (Å²) in [5.74, 6) is 0.0473. The van der Waals surface area contributed by atoms with Crippen molar-refractivity contribution in [3.63, 3.8) is 0 Å². The van der Waals surface area contributed by atoms with Crippen molar-refractivity contribution >= 4 is 28.2 Å². The molecule has 9 atom stereocenters. The van der Waals surface area contributed by atoms with Gasteiger partial charge in [0, 0.05) is 45.5 Å². The Labute approximate surface area is 314 Å². The van der Waals surface area contributed by atoms with Crippen LogP contribution in [0.5, 0.6) is 0 Å². The molecule has 2 saturated carbocycles. The maximum absolute atomic E-state index is 14.9. The predicted octanol–water partition coefficient (Wildman–Crippen LogP) is 7.21. The number of allylic oxidation sites excluding steroid dienone is 3. The number of nitrogens with zero attached hydrogens (tertiary/aromatic N) is 1. The Kier molecular flexibility index (Phi) is 8.03. The van der Waals surface area contributed by atoms with Crippen molar-refractivity contribution in [3.8, 4) is 0 Å². The van der Waals surface area contributed by atoms with E-state index in [0.717, 1.165) is 58.9 Å². The second kappa shape index (κ2) is 11.6. The summed E-state index contributed by atoms with van der Waals surface area (Å²) in [6, 6.07) is 1.75. The van der Waals surface area contributed by atoms with Crippen LogP contribution in [0.4, 0.5) is 0 Å². The van der Waals surface area contributed by atoms with E-state index in [0.29, 0.717) is 23.5 Å². The smallest absolute Gasteiger partial charge is 0.246 e. The number of ether oxygens (including phenoxy) is 1. The second-order valence-electron chi connectivity index (χ2n) is 19.0. The van der Waals surface area contributed by atoms with Crippen LogP contribution >= 0.6 is 0 Å². The van der Waals surface area contributed by atoms with E-state index < -0.39 is 34.9 Å². The Balaban J connectivity index is 1.30. The highest BCUT2D eigenvalue weighted by molar-refractivity contribution is 6.18. The minimum atomic E-state index is -0.863. The standard InChI is InChI=1S/C45H58N2O6/c1-23(2)35-38(51)33-32-26(29-22-41(4,5)53-42(6,7)34(29)37(32)50)21-27-28-20-25-13-14-30-43(8,16-11-12-24(3)40(52)46-18-19-48)31(49)15-17-44(30,9)45(25,10)39(28)47(35)36(27)33/h11-12,16,21-22,25,30-31,34-35,37,48-50H,1,13-15,17-20H2,2-10H3,(H,46,52)/b16-11+,24-12+/t25-,30-,31-,34+,35-,37+,43-,44-,45+/m0/s1. The first-order valence-electron chi connectivity index (χ1n) is 19.7. The summed E-state index contributed by atoms with van der Waals surface area (Å²) in [6.07, 6.45) is 11.1. The van der Waals surface area contributed by atoms with Gasteiger partial charge in [-0.15, -0.1) is 0 Å². The van der Waals surface area contributed by atoms with E-state index in [1.165, 1.54) is 11.3 Å². The Morgan fingerprint density at radius 2 is 1.81 bits per heavy atom. The van der Waals surface area contributed by atoms with Gasteiger partial charge in [0.25, 0.3) is 0 Å². The molecule has 1 aromatic heterocycles. The third-order valence-corrected chi connectivity index (χ3v) is 15.2. The summed E-state index contributed by atoms with van der Waals surface area (Å²) < 4.78 is 8.88. The van der Waals surface area contributed by atoms with Gasteiger partial charge in [0.15, 0.2) is 5.78 Å². The Morgan fingerprint density at radius 1 is 1.09 bits per heavy atom. The molecule has 1 aromatic carbocycles. The molecule has 0 unspecified atom stereocenters. The molecule has 1 amide bonds. The second-order valence-corrected chi connectivity index (χ2v) is 19.0. The van der Waals surface area contributed by atoms with Gasteiger partial charge in [0.1, 0.15) is 6.04 Å². The van der Waals surface area contributed by atoms with Crippen LogP contribution in [0.3, 0.4) is 0 Å². The number of aliphatic hydroxyl groups excluding tert-OH is 3. The fraction of sp³-hybridized carbons (Fsp3) is 0.600. The number of rotatable bonds is 6. The summed E-state index contributed by atoms with van der Waals surface area (Å²) in [5, 5.41) is 36.9. The molecule has 8 nitrogen and oxygen atoms in total. The molecule has 8 rings (SSSR count). The highest BCUT2D eigenvalue weighted by atomic mass is 16.5. The zero-order chi connectivity index (χ0) is 38.4. The van der Waals surface area contributed by atoms with Gasteiger partial charge in [-0.25, -0.2) is 0 Å². The Bertz CT molecular complexity index is 2080. The van der Waals surface area contributed by atoms with Crippen LogP contribution < -0.4 is 5.32 Å². The van der Waals surface area contributed by atoms with Gasteiger partial charge in [-0.05, 0) is 120 Å². The molecule has 2 aliphatic heterocycles. The lowest BCUT2D eigenvalue weighted by Gasteiger charge is -2.64. The van der Waals surface area contributed by atoms with Crippen molar-refractivity contribution in [1.29, 1.82) is 0 Å². The predicted molar refractivity (Wildman–Crippen MR) is 208 cm³/mol. The zero-order valence-electron chi connectivity index (χ0n) is 33.0. The number of carbonyl (C=O) groups is 2. The minimum absolute atomic E-state index is 0.0232. The van der Waals surface area contributed by atoms with E-state index in [4.69, 9.17) is 9.84 Å². The van der Waals surface area contributed by atoms with Crippen LogP contribution in [0, 0.1) is 28.6 Å². The van der Waals surface area contributed by atoms with Crippen molar-refractivity contribution in [2.24, 2.45) is 28.6 Å². The number of aliphatic hydroxyl groups is 3. The van der Waals surface area contributed by atoms with E-state index in [2.05, 4.69) is 83.1 Å². The first-order valence-corrected chi connectivity index (χ1v) is 19.7. The van der Waals surface area contributed by atoms with Crippen molar-refractivity contribution < 1.29 is 29.6 Å². The SMILES string of the molecule is C=C(C)[C@H]1C(=O)c2c3c(cc4c5c(n1c24)[C@@]1(C)[C@@H](CC[C@H]2[C@](C)(/C=C/C=C(\C)C(=O)NCCO)[C@@H](O)CC[C@@]21C)C5)C1=CC(C)(C)OC(C)(C)[C@H]1[C@@H]3O. The molecular formula is C45H58N2O6. The summed E-state index contributed by atoms with van der Waals surface area (Å²) in [5.41, 5.74) is 6.15. The number of hydrogen-bond acceptors (Lipinski definition) is 6. The van der Waals surface area contributed by atoms with Gasteiger partial charge in [0.05, 0.1) is 41.1 Å². The summed E-state index contributed by atoms with van der Waals surface area (Å²) in [6.45, 7) is 23.5. The Morgan fingerprint density at radius 3 is 2.49 bits per heavy atom. The van der Waals surface area contributed by atoms with Crippen molar-refractivity contribution in [1.82, 2.24) is 9.88 Å². The third-order valence-electron chi connectivity index (χ3n) is 15.2. The minimum Gasteiger partial charge on any atom is -0.395 e. The maximum Gasteiger partial charge on any atom is 0.246 e. The molecule has 284 valence electrons. The van der Waals surface area contributed by atoms with Crippen molar-refractivity contribution in [2.45, 2.75) is 129 Å². The molecule has 0 bridgehead atoms. The van der Waals surface area contributed by atoms with Gasteiger partial charge < -0.3 is 29.9 Å². The molecule has 2 fully saturated rings. The molecule has 8 heteroatoms. The van der Waals surface area contributed by atoms with E-state index in [1.807, 2.05) is 13.0 Å². The average molecular weight is 723 g/mol. The normalized spacial score (nSPS) is 37.6. The fourth-order valence-corrected chi connectivity index (χ4v) is 12.9. The molecule has 53 heavy (non-hydrogen) atoms. The first-order chi connectivity index (χ1) is 24.7. The number of fused-ring (bicyclic) bond motifs is 11. The van der Waals surface area contributed by atoms with Gasteiger partial charge in [-0.2, -0.15) is 0 Å². The number of hydrogen-bond donors (Lipinski definition) is 4. The maximum atomic E-state index is 14.9. The van der Waals surface area contributed by atoms with Crippen LogP contribution in [0.2, 0.25) is 0 Å². The summed E-state index contributed by atoms with van der Waals surface area (Å²) in [7, 11) is 0. The number of Topliss-reactive ketones (excluding diaryl/α,β-unsaturated/α-hetero) is 1. The Hall–Kier alpha value is -3.30. The van der Waals surface area contributed by atoms with Crippen molar-refractivity contribution in [3.05, 3.63) is 76.0 Å². The van der Waals surface area contributed by atoms with Crippen LogP contribution in [0.15, 0.2) is 48.1 Å². The summed E-state index contributed by atoms with van der Waals surface area (Å²) in [4.78, 5) is 27.4. The van der Waals surface area contributed by atoms with E-state index in [-0.39, 0.29) is 47.5 Å². The largest absolute Gasteiger partial charge is 0.395 e. The molecule has 4 N–H and O–H groups in total. The highest BCUT2D eigenvalue weighted by Gasteiger charge is 2.67. The zero-order valence-corrected chi connectivity index (χ0v) is 33.0. The van der Waals surface area contributed by atoms with Crippen LogP contribution in [-0.4, -0.2) is 62.0 Å². The molecule has 6 aliphatic rings. The van der Waals surface area contributed by atoms with Crippen LogP contribution in [0.1, 0.15) is 133 Å². The van der Waals surface area contributed by atoms with Gasteiger partial charge in [-0.1, -0.05) is 51.2 Å². The molecule has 2 aromatic rings. The number of ketones is 1. The van der Waals surface area contributed by atoms with Gasteiger partial charge in [-0.3, -0.25) is 9.59 Å². The molecule has 0 saturated heterocycles. The van der Waals surface area contributed by atoms with E-state index in [1.54, 1.807) is 13.0 Å². The molecule has 4 aliphatic carbocycles. The molecule has 0 radical (unpaired) electrons. The van der Waals surface area contributed by atoms with E-state index >= 15 is 0 Å². The quantitative estimate of drug-likeness (QED) is 0.142. The van der Waals surface area contributed by atoms with Gasteiger partial charge >= 0.3 is 0 Å². The lowest BCUT2D eigenvalue weighted by molar-refractivity contribution is -0.144. The lowest BCUT2D eigenvalue weighted by atomic mass is 9.40. The monoisotopic (exact) mass is 722 g/mol. The summed E-state index contributed by atoms with van der Waals surface area (Å²) >= 11 is 0. The number of nitrogens with one attached hydrogen (secondary N) is 1. The van der Waals surface area contributed by atoms with Crippen molar-refractivity contribution in [2.75, 3.05) is 13.2 Å². The topological polar surface area (TPSA) is 121 Å². The first kappa shape index (κ1) is 36.7. The number of amides is 1. The molecule has 3 heterocycles.